The summed E-state index contributed by atoms with van der Waals surface area (Å²) >= 11 is 3.45. The average molecular weight is 332 g/mol. The van der Waals surface area contributed by atoms with Gasteiger partial charge in [0.05, 0.1) is 7.11 Å². The number of nitrogens with two attached hydrogens (primary N) is 1. The molecular formula is C15H14BrN3O. The van der Waals surface area contributed by atoms with Crippen molar-refractivity contribution in [3.05, 3.63) is 39.5 Å². The van der Waals surface area contributed by atoms with E-state index >= 15 is 0 Å². The van der Waals surface area contributed by atoms with Crippen LogP contribution in [0, 0.1) is 25.2 Å². The average Bonchev–Trinajstić information content (AvgIpc) is 2.42. The Labute approximate surface area is 126 Å². The largest absolute Gasteiger partial charge is 0.496 e. The second-order valence-electron chi connectivity index (χ2n) is 4.41. The van der Waals surface area contributed by atoms with Gasteiger partial charge in [-0.2, -0.15) is 5.26 Å². The molecule has 102 valence electrons. The van der Waals surface area contributed by atoms with Crippen molar-refractivity contribution in [3.8, 4) is 22.9 Å². The summed E-state index contributed by atoms with van der Waals surface area (Å²) in [4.78, 5) is 4.21. The number of nitrogen functional groups attached to an aromatic ring is 1. The molecule has 2 aromatic rings. The number of ether oxygens (including phenoxy) is 1. The van der Waals surface area contributed by atoms with Crippen LogP contribution in [0.3, 0.4) is 0 Å². The first-order valence-corrected chi connectivity index (χ1v) is 6.79. The highest BCUT2D eigenvalue weighted by Crippen LogP contribution is 2.38. The van der Waals surface area contributed by atoms with E-state index in [0.29, 0.717) is 11.3 Å². The van der Waals surface area contributed by atoms with Gasteiger partial charge in [0.2, 0.25) is 0 Å². The van der Waals surface area contributed by atoms with Crippen LogP contribution >= 0.6 is 15.9 Å². The molecule has 0 saturated carbocycles. The lowest BCUT2D eigenvalue weighted by atomic mass is 9.94. The highest BCUT2D eigenvalue weighted by molar-refractivity contribution is 9.10. The Balaban J connectivity index is 2.89. The number of benzene rings is 1. The topological polar surface area (TPSA) is 71.9 Å². The minimum atomic E-state index is 0.243. The number of nitriles is 1. The molecule has 0 atom stereocenters. The molecule has 0 aliphatic heterocycles. The van der Waals surface area contributed by atoms with Crippen LogP contribution in [-0.4, -0.2) is 12.1 Å². The molecule has 0 fully saturated rings. The molecule has 5 heteroatoms. The SMILES string of the molecule is COc1ccc(Br)cc1-c1c(C)c(C)nc(N)c1C#N. The van der Waals surface area contributed by atoms with Gasteiger partial charge < -0.3 is 10.5 Å². The van der Waals surface area contributed by atoms with Gasteiger partial charge in [-0.15, -0.1) is 0 Å². The van der Waals surface area contributed by atoms with E-state index in [1.165, 1.54) is 0 Å². The Morgan fingerprint density at radius 2 is 2.05 bits per heavy atom. The van der Waals surface area contributed by atoms with Gasteiger partial charge in [0.25, 0.3) is 0 Å². The fraction of sp³-hybridized carbons (Fsp3) is 0.200. The number of methoxy groups -OCH3 is 1. The van der Waals surface area contributed by atoms with Crippen LogP contribution in [0.4, 0.5) is 5.82 Å². The molecule has 0 radical (unpaired) electrons. The second kappa shape index (κ2) is 5.51. The molecule has 0 unspecified atom stereocenters. The first-order chi connectivity index (χ1) is 9.49. The minimum Gasteiger partial charge on any atom is -0.496 e. The van der Waals surface area contributed by atoms with Crippen LogP contribution in [-0.2, 0) is 0 Å². The van der Waals surface area contributed by atoms with Crippen LogP contribution in [0.1, 0.15) is 16.8 Å². The lowest BCUT2D eigenvalue weighted by molar-refractivity contribution is 0.416. The quantitative estimate of drug-likeness (QED) is 0.912. The molecule has 0 aliphatic rings. The van der Waals surface area contributed by atoms with Gasteiger partial charge in [-0.25, -0.2) is 4.98 Å². The Kier molecular flexibility index (Phi) is 3.96. The van der Waals surface area contributed by atoms with Gasteiger partial charge in [-0.05, 0) is 37.6 Å². The number of pyridine rings is 1. The normalized spacial score (nSPS) is 10.2. The molecule has 1 aromatic carbocycles. The highest BCUT2D eigenvalue weighted by atomic mass is 79.9. The number of rotatable bonds is 2. The summed E-state index contributed by atoms with van der Waals surface area (Å²) in [6.45, 7) is 3.80. The van der Waals surface area contributed by atoms with Crippen LogP contribution in [0.15, 0.2) is 22.7 Å². The summed E-state index contributed by atoms with van der Waals surface area (Å²) in [7, 11) is 1.60. The molecule has 0 saturated heterocycles. The van der Waals surface area contributed by atoms with Gasteiger partial charge in [0.1, 0.15) is 23.2 Å². The molecular weight excluding hydrogens is 318 g/mol. The molecule has 0 spiro atoms. The smallest absolute Gasteiger partial charge is 0.142 e. The molecule has 1 aromatic heterocycles. The Morgan fingerprint density at radius 1 is 1.35 bits per heavy atom. The number of aryl methyl sites for hydroxylation is 1. The summed E-state index contributed by atoms with van der Waals surface area (Å²) < 4.78 is 6.30. The first kappa shape index (κ1) is 14.4. The van der Waals surface area contributed by atoms with E-state index < -0.39 is 0 Å². The third kappa shape index (κ3) is 2.35. The number of halogens is 1. The lowest BCUT2D eigenvalue weighted by Gasteiger charge is -2.15. The Hall–Kier alpha value is -2.06. The molecule has 0 bridgehead atoms. The monoisotopic (exact) mass is 331 g/mol. The zero-order valence-electron chi connectivity index (χ0n) is 11.5. The van der Waals surface area contributed by atoms with Crippen molar-refractivity contribution in [1.82, 2.24) is 4.98 Å². The number of hydrogen-bond acceptors (Lipinski definition) is 4. The van der Waals surface area contributed by atoms with Gasteiger partial charge >= 0.3 is 0 Å². The van der Waals surface area contributed by atoms with Gasteiger partial charge in [0, 0.05) is 21.3 Å². The van der Waals surface area contributed by atoms with Crippen molar-refractivity contribution < 1.29 is 4.74 Å². The summed E-state index contributed by atoms with van der Waals surface area (Å²) in [6.07, 6.45) is 0. The fourth-order valence-corrected chi connectivity index (χ4v) is 2.50. The molecule has 2 rings (SSSR count). The minimum absolute atomic E-state index is 0.243. The first-order valence-electron chi connectivity index (χ1n) is 6.00. The number of hydrogen-bond donors (Lipinski definition) is 1. The van der Waals surface area contributed by atoms with E-state index in [1.54, 1.807) is 7.11 Å². The Bertz CT molecular complexity index is 720. The zero-order chi connectivity index (χ0) is 14.9. The van der Waals surface area contributed by atoms with Crippen LogP contribution in [0.5, 0.6) is 5.75 Å². The summed E-state index contributed by atoms with van der Waals surface area (Å²) in [5.41, 5.74) is 9.59. The van der Waals surface area contributed by atoms with Crippen LogP contribution < -0.4 is 10.5 Å². The van der Waals surface area contributed by atoms with Crippen molar-refractivity contribution in [3.63, 3.8) is 0 Å². The van der Waals surface area contributed by atoms with E-state index in [9.17, 15) is 5.26 Å². The molecule has 1 heterocycles. The van der Waals surface area contributed by atoms with Gasteiger partial charge in [0.15, 0.2) is 0 Å². The number of anilines is 1. The summed E-state index contributed by atoms with van der Waals surface area (Å²) in [6, 6.07) is 7.80. The van der Waals surface area contributed by atoms with Crippen molar-refractivity contribution in [2.75, 3.05) is 12.8 Å². The molecule has 2 N–H and O–H groups in total. The molecule has 0 amide bonds. The number of aromatic nitrogens is 1. The maximum atomic E-state index is 9.39. The van der Waals surface area contributed by atoms with E-state index in [2.05, 4.69) is 27.0 Å². The standard InChI is InChI=1S/C15H14BrN3O/c1-8-9(2)19-15(18)12(7-17)14(8)11-6-10(16)4-5-13(11)20-3/h4-6H,1-3H3,(H2,18,19). The van der Waals surface area contributed by atoms with Crippen molar-refractivity contribution in [1.29, 1.82) is 5.26 Å². The fourth-order valence-electron chi connectivity index (χ4n) is 2.14. The molecule has 0 aliphatic carbocycles. The van der Waals surface area contributed by atoms with Crippen LogP contribution in [0.25, 0.3) is 11.1 Å². The highest BCUT2D eigenvalue weighted by Gasteiger charge is 2.18. The third-order valence-corrected chi connectivity index (χ3v) is 3.75. The lowest BCUT2D eigenvalue weighted by Crippen LogP contribution is -2.03. The van der Waals surface area contributed by atoms with E-state index in [4.69, 9.17) is 10.5 Å². The molecule has 20 heavy (non-hydrogen) atoms. The van der Waals surface area contributed by atoms with Crippen molar-refractivity contribution in [2.24, 2.45) is 0 Å². The second-order valence-corrected chi connectivity index (χ2v) is 5.33. The van der Waals surface area contributed by atoms with E-state index in [0.717, 1.165) is 26.9 Å². The van der Waals surface area contributed by atoms with Gasteiger partial charge in [-0.1, -0.05) is 15.9 Å². The predicted molar refractivity (Wildman–Crippen MR) is 82.5 cm³/mol. The Morgan fingerprint density at radius 3 is 2.65 bits per heavy atom. The van der Waals surface area contributed by atoms with Crippen molar-refractivity contribution in [2.45, 2.75) is 13.8 Å². The number of nitrogens with zero attached hydrogens (tertiary/aromatic N) is 2. The summed E-state index contributed by atoms with van der Waals surface area (Å²) in [5, 5.41) is 9.39. The summed E-state index contributed by atoms with van der Waals surface area (Å²) in [5.74, 6) is 0.936. The maximum Gasteiger partial charge on any atom is 0.142 e. The van der Waals surface area contributed by atoms with E-state index in [-0.39, 0.29) is 5.82 Å². The van der Waals surface area contributed by atoms with E-state index in [1.807, 2.05) is 32.0 Å². The van der Waals surface area contributed by atoms with Gasteiger partial charge in [-0.3, -0.25) is 0 Å². The van der Waals surface area contributed by atoms with Crippen LogP contribution in [0.2, 0.25) is 0 Å². The zero-order valence-corrected chi connectivity index (χ0v) is 13.1. The maximum absolute atomic E-state index is 9.39. The van der Waals surface area contributed by atoms with Crippen molar-refractivity contribution >= 4 is 21.7 Å². The molecule has 4 nitrogen and oxygen atoms in total. The third-order valence-electron chi connectivity index (χ3n) is 3.25. The predicted octanol–water partition coefficient (Wildman–Crippen LogP) is 3.59.